The van der Waals surface area contributed by atoms with Gasteiger partial charge in [0.1, 0.15) is 41.4 Å². The van der Waals surface area contributed by atoms with Gasteiger partial charge in [0.2, 0.25) is 0 Å². The summed E-state index contributed by atoms with van der Waals surface area (Å²) >= 11 is 0. The Balaban J connectivity index is 1.39. The quantitative estimate of drug-likeness (QED) is 0.257. The second kappa shape index (κ2) is 11.0. The first-order valence-corrected chi connectivity index (χ1v) is 15.7. The molecule has 0 aliphatic carbocycles. The lowest BCUT2D eigenvalue weighted by atomic mass is 9.82. The number of aromatic hydroxyl groups is 1. The Morgan fingerprint density at radius 2 is 1.98 bits per heavy atom. The number of carboxylic acids is 1. The van der Waals surface area contributed by atoms with Gasteiger partial charge in [-0.3, -0.25) is 14.7 Å². The van der Waals surface area contributed by atoms with E-state index in [-0.39, 0.29) is 52.9 Å². The van der Waals surface area contributed by atoms with Crippen LogP contribution in [0.3, 0.4) is 0 Å². The van der Waals surface area contributed by atoms with Crippen molar-refractivity contribution in [1.29, 1.82) is 0 Å². The molecule has 7 rings (SSSR count). The Labute approximate surface area is 264 Å². The van der Waals surface area contributed by atoms with Crippen molar-refractivity contribution in [3.05, 3.63) is 47.7 Å². The number of ether oxygens (including phenoxy) is 1. The molecule has 12 heteroatoms. The van der Waals surface area contributed by atoms with E-state index in [1.807, 2.05) is 13.8 Å². The standard InChI is InChI=1S/C34H36F3N5O4/c1-4-21-25(36)7-6-18-10-20(43)11-22(26(18)21)28-27(37)29-23(13-38-28)30(41-15-24(31(44)45)33(2,3)16-41)40-32(39-29)46-17-34-8-5-9-42(34)14-19(35)12-34/h6-7,10-11,13,19,24,43H,4-5,8-9,12,14-17H2,1-3H3,(H,44,45)/t19-,24?,34+/m1/s1. The highest BCUT2D eigenvalue weighted by atomic mass is 19.1. The maximum absolute atomic E-state index is 16.8. The lowest BCUT2D eigenvalue weighted by molar-refractivity contribution is -0.143. The van der Waals surface area contributed by atoms with Gasteiger partial charge in [-0.15, -0.1) is 0 Å². The summed E-state index contributed by atoms with van der Waals surface area (Å²) in [6.45, 7) is 7.22. The zero-order valence-corrected chi connectivity index (χ0v) is 26.0. The number of hydrogen-bond acceptors (Lipinski definition) is 8. The van der Waals surface area contributed by atoms with E-state index in [2.05, 4.69) is 19.9 Å². The van der Waals surface area contributed by atoms with E-state index in [1.165, 1.54) is 30.5 Å². The third-order valence-corrected chi connectivity index (χ3v) is 10.2. The third kappa shape index (κ3) is 4.88. The summed E-state index contributed by atoms with van der Waals surface area (Å²) in [5.74, 6) is -2.76. The monoisotopic (exact) mass is 635 g/mol. The van der Waals surface area contributed by atoms with Crippen LogP contribution >= 0.6 is 0 Å². The van der Waals surface area contributed by atoms with Gasteiger partial charge in [0.05, 0.1) is 16.8 Å². The number of nitrogens with zero attached hydrogens (tertiary/aromatic N) is 5. The minimum Gasteiger partial charge on any atom is -0.508 e. The molecule has 2 N–H and O–H groups in total. The molecule has 0 amide bonds. The maximum Gasteiger partial charge on any atom is 0.319 e. The van der Waals surface area contributed by atoms with Gasteiger partial charge in [0, 0.05) is 37.8 Å². The van der Waals surface area contributed by atoms with Crippen LogP contribution in [-0.4, -0.2) is 80.5 Å². The van der Waals surface area contributed by atoms with E-state index in [4.69, 9.17) is 4.74 Å². The highest BCUT2D eigenvalue weighted by Crippen LogP contribution is 2.43. The van der Waals surface area contributed by atoms with Crippen molar-refractivity contribution in [2.75, 3.05) is 37.7 Å². The number of phenols is 1. The Morgan fingerprint density at radius 1 is 1.17 bits per heavy atom. The van der Waals surface area contributed by atoms with Crippen LogP contribution in [0.25, 0.3) is 32.9 Å². The number of hydrogen-bond donors (Lipinski definition) is 2. The highest BCUT2D eigenvalue weighted by molar-refractivity contribution is 6.01. The third-order valence-electron chi connectivity index (χ3n) is 10.2. The molecule has 0 bridgehead atoms. The predicted octanol–water partition coefficient (Wildman–Crippen LogP) is 5.89. The largest absolute Gasteiger partial charge is 0.508 e. The highest BCUT2D eigenvalue weighted by Gasteiger charge is 2.50. The average molecular weight is 636 g/mol. The molecular weight excluding hydrogens is 599 g/mol. The molecule has 2 aromatic carbocycles. The lowest BCUT2D eigenvalue weighted by Crippen LogP contribution is -2.43. The molecule has 4 aromatic rings. The molecule has 3 fully saturated rings. The van der Waals surface area contributed by atoms with Crippen molar-refractivity contribution in [2.24, 2.45) is 11.3 Å². The summed E-state index contributed by atoms with van der Waals surface area (Å²) in [6.07, 6.45) is 2.81. The smallest absolute Gasteiger partial charge is 0.319 e. The van der Waals surface area contributed by atoms with Gasteiger partial charge in [-0.1, -0.05) is 26.8 Å². The molecular formula is C34H36F3N5O4. The fraction of sp³-hybridized carbons (Fsp3) is 0.471. The summed E-state index contributed by atoms with van der Waals surface area (Å²) in [4.78, 5) is 29.7. The molecule has 3 aliphatic rings. The predicted molar refractivity (Wildman–Crippen MR) is 167 cm³/mol. The van der Waals surface area contributed by atoms with Crippen molar-refractivity contribution in [1.82, 2.24) is 19.9 Å². The van der Waals surface area contributed by atoms with Gasteiger partial charge >= 0.3 is 12.0 Å². The first-order chi connectivity index (χ1) is 21.9. The number of fused-ring (bicyclic) bond motifs is 3. The first-order valence-electron chi connectivity index (χ1n) is 15.7. The van der Waals surface area contributed by atoms with Crippen molar-refractivity contribution >= 4 is 33.5 Å². The topological polar surface area (TPSA) is 112 Å². The Kier molecular flexibility index (Phi) is 7.26. The van der Waals surface area contributed by atoms with Crippen molar-refractivity contribution < 1.29 is 32.9 Å². The van der Waals surface area contributed by atoms with Gasteiger partial charge in [-0.2, -0.15) is 9.97 Å². The molecule has 0 radical (unpaired) electrons. The normalized spacial score (nSPS) is 24.3. The molecule has 0 spiro atoms. The maximum atomic E-state index is 16.8. The Bertz CT molecular complexity index is 1890. The average Bonchev–Trinajstić information content (AvgIpc) is 3.64. The Morgan fingerprint density at radius 3 is 2.72 bits per heavy atom. The summed E-state index contributed by atoms with van der Waals surface area (Å²) < 4.78 is 52.4. The number of alkyl halides is 1. The summed E-state index contributed by atoms with van der Waals surface area (Å²) in [6, 6.07) is 5.59. The fourth-order valence-electron chi connectivity index (χ4n) is 7.90. The van der Waals surface area contributed by atoms with Crippen LogP contribution in [0.1, 0.15) is 45.6 Å². The molecule has 2 aromatic heterocycles. The zero-order valence-electron chi connectivity index (χ0n) is 26.0. The summed E-state index contributed by atoms with van der Waals surface area (Å²) in [5.41, 5.74) is -0.773. The molecule has 46 heavy (non-hydrogen) atoms. The number of aryl methyl sites for hydroxylation is 1. The van der Waals surface area contributed by atoms with Gasteiger partial charge in [0.15, 0.2) is 5.82 Å². The van der Waals surface area contributed by atoms with Crippen molar-refractivity contribution in [3.63, 3.8) is 0 Å². The van der Waals surface area contributed by atoms with Crippen LogP contribution < -0.4 is 9.64 Å². The van der Waals surface area contributed by atoms with Gasteiger partial charge in [-0.25, -0.2) is 13.2 Å². The molecule has 9 nitrogen and oxygen atoms in total. The van der Waals surface area contributed by atoms with E-state index in [1.54, 1.807) is 11.8 Å². The second-order valence-corrected chi connectivity index (χ2v) is 13.6. The zero-order chi connectivity index (χ0) is 32.5. The number of pyridine rings is 1. The number of halogens is 3. The molecule has 3 aliphatic heterocycles. The van der Waals surface area contributed by atoms with Crippen LogP contribution in [0.5, 0.6) is 11.8 Å². The molecule has 242 valence electrons. The van der Waals surface area contributed by atoms with Crippen molar-refractivity contribution in [3.8, 4) is 23.0 Å². The van der Waals surface area contributed by atoms with E-state index < -0.39 is 40.6 Å². The minimum absolute atomic E-state index is 0.108. The van der Waals surface area contributed by atoms with Gasteiger partial charge in [-0.05, 0) is 65.8 Å². The summed E-state index contributed by atoms with van der Waals surface area (Å²) in [7, 11) is 0. The van der Waals surface area contributed by atoms with Gasteiger partial charge < -0.3 is 19.8 Å². The fourth-order valence-corrected chi connectivity index (χ4v) is 7.90. The molecule has 0 saturated carbocycles. The molecule has 1 unspecified atom stereocenters. The molecule has 5 heterocycles. The second-order valence-electron chi connectivity index (χ2n) is 13.6. The van der Waals surface area contributed by atoms with Gasteiger partial charge in [0.25, 0.3) is 0 Å². The SMILES string of the molecule is CCc1c(F)ccc2cc(O)cc(-c3ncc4c(N5CC(C(=O)O)C(C)(C)C5)nc(OC[C@@]56CCCN5C[C@H](F)C6)nc4c3F)c12. The van der Waals surface area contributed by atoms with E-state index in [9.17, 15) is 23.8 Å². The summed E-state index contributed by atoms with van der Waals surface area (Å²) in [5, 5.41) is 21.7. The minimum atomic E-state index is -0.960. The lowest BCUT2D eigenvalue weighted by Gasteiger charge is -2.31. The van der Waals surface area contributed by atoms with Crippen LogP contribution in [-0.2, 0) is 11.2 Å². The number of carboxylic acid groups (broad SMARTS) is 1. The van der Waals surface area contributed by atoms with Crippen LogP contribution in [0.4, 0.5) is 19.0 Å². The number of aromatic nitrogens is 3. The number of anilines is 1. The molecule has 3 saturated heterocycles. The van der Waals surface area contributed by atoms with E-state index >= 15 is 4.39 Å². The first kappa shape index (κ1) is 30.5. The number of aliphatic carboxylic acids is 1. The van der Waals surface area contributed by atoms with Crippen LogP contribution in [0.2, 0.25) is 0 Å². The number of carbonyl (C=O) groups is 1. The van der Waals surface area contributed by atoms with E-state index in [0.29, 0.717) is 42.3 Å². The number of rotatable bonds is 7. The number of phenolic OH excluding ortho intramolecular Hbond substituents is 1. The van der Waals surface area contributed by atoms with E-state index in [0.717, 1.165) is 19.4 Å². The van der Waals surface area contributed by atoms with Crippen LogP contribution in [0.15, 0.2) is 30.5 Å². The Hall–Kier alpha value is -4.19. The number of benzene rings is 2. The van der Waals surface area contributed by atoms with Crippen LogP contribution in [0, 0.1) is 23.0 Å². The molecule has 3 atom stereocenters. The van der Waals surface area contributed by atoms with Crippen molar-refractivity contribution in [2.45, 2.75) is 58.2 Å².